The number of carboxylic acid groups (broad SMARTS) is 1. The first-order chi connectivity index (χ1) is 3.42. The molecule has 0 aromatic heterocycles. The van der Waals surface area contributed by atoms with E-state index in [9.17, 15) is 9.90 Å². The maximum absolute atomic E-state index is 9.89. The summed E-state index contributed by atoms with van der Waals surface area (Å²) in [6.07, 6.45) is 0. The number of nitrogens with zero attached hydrogens (tertiary/aromatic N) is 1. The minimum atomic E-state index is -1.00. The summed E-state index contributed by atoms with van der Waals surface area (Å²) in [6, 6.07) is 0. The molecule has 0 atom stereocenters. The van der Waals surface area contributed by atoms with Crippen molar-refractivity contribution in [2.24, 2.45) is 0 Å². The molecule has 0 aromatic rings. The highest BCUT2D eigenvalue weighted by Crippen LogP contribution is 1.84. The summed E-state index contributed by atoms with van der Waals surface area (Å²) < 4.78 is 0.419. The average Bonchev–Trinajstić information content (AvgIpc) is 1.21. The first kappa shape index (κ1) is 11.6. The van der Waals surface area contributed by atoms with Gasteiger partial charge < -0.3 is 14.4 Å². The van der Waals surface area contributed by atoms with E-state index >= 15 is 0 Å². The van der Waals surface area contributed by atoms with Gasteiger partial charge in [0.15, 0.2) is 0 Å². The van der Waals surface area contributed by atoms with Gasteiger partial charge in [0.05, 0.1) is 27.1 Å². The van der Waals surface area contributed by atoms with E-state index in [0.717, 1.165) is 0 Å². The van der Waals surface area contributed by atoms with Crippen LogP contribution in [0.25, 0.3) is 0 Å². The van der Waals surface area contributed by atoms with Crippen molar-refractivity contribution < 1.29 is 14.4 Å². The molecule has 0 bridgehead atoms. The van der Waals surface area contributed by atoms with Gasteiger partial charge in [-0.05, 0) is 0 Å². The summed E-state index contributed by atoms with van der Waals surface area (Å²) in [5.41, 5.74) is 0. The molecule has 3 nitrogen and oxygen atoms in total. The zero-order valence-electron chi connectivity index (χ0n) is 5.92. The number of carboxylic acids is 1. The van der Waals surface area contributed by atoms with Gasteiger partial charge in [0.2, 0.25) is 0 Å². The van der Waals surface area contributed by atoms with Crippen LogP contribution < -0.4 is 5.11 Å². The Bertz CT molecular complexity index is 97.6. The Balaban J connectivity index is 0. The van der Waals surface area contributed by atoms with Crippen molar-refractivity contribution in [3.05, 3.63) is 0 Å². The molecule has 0 saturated carbocycles. The molecule has 0 aliphatic carbocycles. The maximum atomic E-state index is 9.89. The molecule has 0 saturated heterocycles. The fourth-order valence-electron chi connectivity index (χ4n) is 0.387. The van der Waals surface area contributed by atoms with Crippen LogP contribution in [0.2, 0.25) is 0 Å². The van der Waals surface area contributed by atoms with Crippen LogP contribution in [-0.2, 0) is 4.79 Å². The molecule has 0 aromatic carbocycles. The molecular weight excluding hydrogens is 137 g/mol. The van der Waals surface area contributed by atoms with Crippen molar-refractivity contribution in [3.63, 3.8) is 0 Å². The Morgan fingerprint density at radius 3 is 1.78 bits per heavy atom. The van der Waals surface area contributed by atoms with Crippen molar-refractivity contribution in [2.45, 2.75) is 0 Å². The van der Waals surface area contributed by atoms with Gasteiger partial charge in [-0.2, -0.15) is 0 Å². The number of hydrogen-bond donors (Lipinski definition) is 0. The van der Waals surface area contributed by atoms with Gasteiger partial charge in [0, 0.05) is 9.90 Å². The highest BCUT2D eigenvalue weighted by Gasteiger charge is 2.04. The topological polar surface area (TPSA) is 40.1 Å². The summed E-state index contributed by atoms with van der Waals surface area (Å²) in [4.78, 5) is 9.89. The van der Waals surface area contributed by atoms with Gasteiger partial charge in [0.25, 0.3) is 0 Å². The lowest BCUT2D eigenvalue weighted by Gasteiger charge is -2.23. The predicted octanol–water partition coefficient (Wildman–Crippen LogP) is -0.696. The molecule has 0 N–H and O–H groups in total. The third-order valence-electron chi connectivity index (χ3n) is 0.603. The second-order valence-corrected chi connectivity index (χ2v) is 2.82. The van der Waals surface area contributed by atoms with E-state index in [0.29, 0.717) is 4.48 Å². The summed E-state index contributed by atoms with van der Waals surface area (Å²) >= 11 is 0. The lowest BCUT2D eigenvalue weighted by molar-refractivity contribution is -0.864. The van der Waals surface area contributed by atoms with Gasteiger partial charge >= 0.3 is 0 Å². The number of likely N-dealkylation sites (N-methyl/N-ethyl adjacent to an activating group) is 1. The van der Waals surface area contributed by atoms with E-state index in [4.69, 9.17) is 0 Å². The minimum Gasteiger partial charge on any atom is -0.544 e. The van der Waals surface area contributed by atoms with Crippen LogP contribution in [0.1, 0.15) is 0 Å². The van der Waals surface area contributed by atoms with Gasteiger partial charge in [-0.15, -0.1) is 0 Å². The second kappa shape index (κ2) is 3.80. The average molecular weight is 148 g/mol. The smallest absolute Gasteiger partial charge is 0.118 e. The summed E-state index contributed by atoms with van der Waals surface area (Å²) in [6.45, 7) is 0.0694. The number of carbonyl (C=O) groups excluding carboxylic acids is 1. The van der Waals surface area contributed by atoms with Crippen LogP contribution in [0, 0.1) is 0 Å². The third kappa shape index (κ3) is 11.4. The van der Waals surface area contributed by atoms with E-state index in [-0.39, 0.29) is 16.4 Å². The Hall–Kier alpha value is -0.140. The van der Waals surface area contributed by atoms with E-state index in [1.807, 2.05) is 0 Å². The fourth-order valence-corrected chi connectivity index (χ4v) is 0.387. The van der Waals surface area contributed by atoms with Crippen LogP contribution in [0.5, 0.6) is 0 Å². The number of hydrogen-bond acceptors (Lipinski definition) is 2. The van der Waals surface area contributed by atoms with Crippen molar-refractivity contribution in [1.82, 2.24) is 0 Å². The van der Waals surface area contributed by atoms with Crippen LogP contribution in [0.3, 0.4) is 0 Å². The van der Waals surface area contributed by atoms with Crippen LogP contribution in [0.15, 0.2) is 0 Å². The number of quaternary nitrogens is 1. The number of aliphatic carboxylic acids is 1. The molecule has 53 valence electrons. The SMILES string of the molecule is C[N+](C)(C)CC(=O)[O-].[P]. The first-order valence-electron chi connectivity index (χ1n) is 2.42. The van der Waals surface area contributed by atoms with Crippen LogP contribution in [-0.4, -0.2) is 38.1 Å². The molecule has 0 spiro atoms. The van der Waals surface area contributed by atoms with Crippen LogP contribution >= 0.6 is 9.90 Å². The Labute approximate surface area is 58.9 Å². The largest absolute Gasteiger partial charge is 0.544 e. The van der Waals surface area contributed by atoms with Gasteiger partial charge in [-0.3, -0.25) is 0 Å². The van der Waals surface area contributed by atoms with Crippen molar-refractivity contribution in [2.75, 3.05) is 27.7 Å². The summed E-state index contributed by atoms with van der Waals surface area (Å²) in [7, 11) is 5.40. The van der Waals surface area contributed by atoms with Crippen LogP contribution in [0.4, 0.5) is 0 Å². The van der Waals surface area contributed by atoms with Gasteiger partial charge in [-0.1, -0.05) is 0 Å². The molecule has 4 heteroatoms. The van der Waals surface area contributed by atoms with E-state index in [1.54, 1.807) is 21.1 Å². The van der Waals surface area contributed by atoms with E-state index in [1.165, 1.54) is 0 Å². The molecule has 3 radical (unpaired) electrons. The predicted molar refractivity (Wildman–Crippen MR) is 34.8 cm³/mol. The summed E-state index contributed by atoms with van der Waals surface area (Å²) in [5.74, 6) is -1.00. The monoisotopic (exact) mass is 148 g/mol. The van der Waals surface area contributed by atoms with Gasteiger partial charge in [-0.25, -0.2) is 0 Å². The zero-order valence-corrected chi connectivity index (χ0v) is 6.81. The quantitative estimate of drug-likeness (QED) is 0.384. The molecule has 0 rings (SSSR count). The lowest BCUT2D eigenvalue weighted by atomic mass is 10.5. The minimum absolute atomic E-state index is 0. The molecule has 0 fully saturated rings. The molecule has 0 unspecified atom stereocenters. The second-order valence-electron chi connectivity index (χ2n) is 2.82. The normalized spacial score (nSPS) is 10.1. The third-order valence-corrected chi connectivity index (χ3v) is 0.603. The molecule has 0 aliphatic heterocycles. The van der Waals surface area contributed by atoms with E-state index < -0.39 is 5.97 Å². The highest BCUT2D eigenvalue weighted by molar-refractivity contribution is 6.92. The standard InChI is InChI=1S/C5H11NO2.P/c1-6(2,3)4-5(7)8;/h4H2,1-3H3;. The number of rotatable bonds is 2. The molecular formula is C5H11NO2P. The van der Waals surface area contributed by atoms with Gasteiger partial charge in [0.1, 0.15) is 6.54 Å². The Morgan fingerprint density at radius 1 is 1.44 bits per heavy atom. The Kier molecular flexibility index (Phi) is 4.92. The van der Waals surface area contributed by atoms with Crippen molar-refractivity contribution in [1.29, 1.82) is 0 Å². The molecule has 0 amide bonds. The lowest BCUT2D eigenvalue weighted by Crippen LogP contribution is -2.45. The van der Waals surface area contributed by atoms with Crippen molar-refractivity contribution >= 4 is 15.9 Å². The zero-order chi connectivity index (χ0) is 6.78. The molecule has 0 heterocycles. The number of carbonyl (C=O) groups is 1. The highest BCUT2D eigenvalue weighted by atomic mass is 31.0. The van der Waals surface area contributed by atoms with Crippen molar-refractivity contribution in [3.8, 4) is 0 Å². The molecule has 0 aliphatic rings. The molecule has 9 heavy (non-hydrogen) atoms. The fraction of sp³-hybridized carbons (Fsp3) is 0.800. The first-order valence-corrected chi connectivity index (χ1v) is 2.42. The summed E-state index contributed by atoms with van der Waals surface area (Å²) in [5, 5.41) is 9.89. The maximum Gasteiger partial charge on any atom is 0.118 e. The Morgan fingerprint density at radius 2 is 1.78 bits per heavy atom. The van der Waals surface area contributed by atoms with E-state index in [2.05, 4.69) is 0 Å².